The van der Waals surface area contributed by atoms with Crippen LogP contribution in [0.1, 0.15) is 25.7 Å². The van der Waals surface area contributed by atoms with Crippen molar-refractivity contribution in [2.75, 3.05) is 32.2 Å². The number of rotatable bonds is 4. The van der Waals surface area contributed by atoms with Gasteiger partial charge in [-0.3, -0.25) is 5.10 Å². The van der Waals surface area contributed by atoms with Crippen LogP contribution in [0.5, 0.6) is 5.75 Å². The zero-order chi connectivity index (χ0) is 20.7. The van der Waals surface area contributed by atoms with Crippen LogP contribution in [-0.4, -0.2) is 62.8 Å². The van der Waals surface area contributed by atoms with Gasteiger partial charge in [-0.2, -0.15) is 27.8 Å². The summed E-state index contributed by atoms with van der Waals surface area (Å²) in [4.78, 5) is 8.16. The van der Waals surface area contributed by atoms with Crippen molar-refractivity contribution in [2.24, 2.45) is 0 Å². The van der Waals surface area contributed by atoms with Gasteiger partial charge in [0.25, 0.3) is 0 Å². The van der Waals surface area contributed by atoms with E-state index < -0.39 is 12.8 Å². The van der Waals surface area contributed by atoms with Gasteiger partial charge in [0.15, 0.2) is 12.4 Å². The molecule has 0 radical (unpaired) electrons. The maximum atomic E-state index is 12.5. The van der Waals surface area contributed by atoms with Gasteiger partial charge in [0.05, 0.1) is 6.20 Å². The van der Waals surface area contributed by atoms with E-state index in [4.69, 9.17) is 9.47 Å². The highest BCUT2D eigenvalue weighted by molar-refractivity contribution is 5.73. The van der Waals surface area contributed by atoms with E-state index in [9.17, 15) is 13.2 Å². The first-order chi connectivity index (χ1) is 14.0. The molecule has 158 valence electrons. The molecule has 2 N–H and O–H groups in total. The molecule has 0 saturated carbocycles. The number of nitrogens with one attached hydrogen (secondary N) is 2. The summed E-state index contributed by atoms with van der Waals surface area (Å²) >= 11 is 0. The summed E-state index contributed by atoms with van der Waals surface area (Å²) in [5.41, 5.74) is 0.800. The molecule has 0 atom stereocenters. The summed E-state index contributed by atoms with van der Waals surface area (Å²) < 4.78 is 48.8. The van der Waals surface area contributed by atoms with Crippen molar-refractivity contribution in [3.05, 3.63) is 18.7 Å². The number of alkyl halides is 3. The highest BCUT2D eigenvalue weighted by atomic mass is 19.4. The Labute approximate surface area is 164 Å². The topological polar surface area (TPSA) is 102 Å². The molecule has 29 heavy (non-hydrogen) atoms. The van der Waals surface area contributed by atoms with Crippen LogP contribution in [-0.2, 0) is 4.74 Å². The van der Waals surface area contributed by atoms with Crippen molar-refractivity contribution in [3.8, 4) is 17.0 Å². The maximum absolute atomic E-state index is 12.5. The molecule has 0 aliphatic carbocycles. The van der Waals surface area contributed by atoms with Gasteiger partial charge < -0.3 is 14.8 Å². The fourth-order valence-electron chi connectivity index (χ4n) is 2.68. The number of hydrogen-bond donors (Lipinski definition) is 2. The normalized spacial score (nSPS) is 14.8. The first-order valence-electron chi connectivity index (χ1n) is 9.17. The summed E-state index contributed by atoms with van der Waals surface area (Å²) in [6.45, 7) is 0.543. The Kier molecular flexibility index (Phi) is 6.86. The van der Waals surface area contributed by atoms with Crippen LogP contribution >= 0.6 is 0 Å². The van der Waals surface area contributed by atoms with E-state index in [0.717, 1.165) is 13.2 Å². The summed E-state index contributed by atoms with van der Waals surface area (Å²) in [6.07, 6.45) is 5.08. The third-order valence-electron chi connectivity index (χ3n) is 4.05. The average Bonchev–Trinajstić information content (AvgIpc) is 3.28. The van der Waals surface area contributed by atoms with Crippen molar-refractivity contribution < 1.29 is 22.6 Å². The van der Waals surface area contributed by atoms with E-state index in [1.165, 1.54) is 48.9 Å². The molecule has 9 nitrogen and oxygen atoms in total. The van der Waals surface area contributed by atoms with Gasteiger partial charge in [-0.05, 0) is 12.8 Å². The number of aromatic nitrogens is 6. The molecule has 1 fully saturated rings. The van der Waals surface area contributed by atoms with Crippen LogP contribution in [0.15, 0.2) is 18.7 Å². The second kappa shape index (κ2) is 9.54. The van der Waals surface area contributed by atoms with Crippen molar-refractivity contribution in [2.45, 2.75) is 31.9 Å². The van der Waals surface area contributed by atoms with Gasteiger partial charge in [-0.1, -0.05) is 12.8 Å². The second-order valence-corrected chi connectivity index (χ2v) is 6.29. The Morgan fingerprint density at radius 3 is 2.62 bits per heavy atom. The molecule has 4 rings (SSSR count). The highest BCUT2D eigenvalue weighted by Crippen LogP contribution is 2.32. The lowest BCUT2D eigenvalue weighted by Gasteiger charge is -2.12. The summed E-state index contributed by atoms with van der Waals surface area (Å²) in [5, 5.41) is 13.0. The minimum atomic E-state index is -4.48. The minimum absolute atomic E-state index is 0.116. The van der Waals surface area contributed by atoms with Crippen molar-refractivity contribution in [3.63, 3.8) is 0 Å². The van der Waals surface area contributed by atoms with Crippen LogP contribution in [0, 0.1) is 0 Å². The van der Waals surface area contributed by atoms with Gasteiger partial charge in [-0.25, -0.2) is 4.98 Å². The van der Waals surface area contributed by atoms with Crippen LogP contribution < -0.4 is 10.1 Å². The third-order valence-corrected chi connectivity index (χ3v) is 4.05. The Morgan fingerprint density at radius 2 is 2.00 bits per heavy atom. The number of H-pyrrole nitrogens is 1. The molecule has 0 aromatic carbocycles. The molecule has 3 aromatic heterocycles. The van der Waals surface area contributed by atoms with E-state index in [1.54, 1.807) is 7.05 Å². The number of halogens is 3. The zero-order valence-electron chi connectivity index (χ0n) is 15.9. The highest BCUT2D eigenvalue weighted by Gasteiger charge is 2.30. The number of fused-ring (bicyclic) bond motifs is 1. The summed E-state index contributed by atoms with van der Waals surface area (Å²) in [6, 6.07) is 0. The smallest absolute Gasteiger partial charge is 0.422 e. The van der Waals surface area contributed by atoms with Crippen LogP contribution in [0.3, 0.4) is 0 Å². The maximum Gasteiger partial charge on any atom is 0.422 e. The monoisotopic (exact) mass is 413 g/mol. The number of aromatic amines is 1. The van der Waals surface area contributed by atoms with E-state index >= 15 is 0 Å². The van der Waals surface area contributed by atoms with Crippen LogP contribution in [0.4, 0.5) is 19.1 Å². The lowest BCUT2D eigenvalue weighted by Crippen LogP contribution is -2.20. The van der Waals surface area contributed by atoms with E-state index in [2.05, 4.69) is 30.6 Å². The number of anilines is 1. The number of ether oxygens (including phenoxy) is 2. The average molecular weight is 413 g/mol. The van der Waals surface area contributed by atoms with Crippen molar-refractivity contribution in [1.29, 1.82) is 0 Å². The SMILES string of the molecule is C1CCCOCC1.CNc1nc2c(OCC(F)(F)F)c(-c3cn[nH]c3)ncn2n1. The molecular weight excluding hydrogens is 391 g/mol. The van der Waals surface area contributed by atoms with Gasteiger partial charge in [-0.15, -0.1) is 5.10 Å². The summed E-state index contributed by atoms with van der Waals surface area (Å²) in [7, 11) is 1.59. The first kappa shape index (κ1) is 20.8. The standard InChI is InChI=1S/C11H10F3N7O.C6H12O/c1-15-10-19-9-8(22-4-11(12,13)14)7(6-2-17-18-3-6)16-5-21(9)20-10;1-2-4-6-7-5-3-1/h2-3,5H,4H2,1H3,(H,15,20)(H,17,18);1-6H2. The zero-order valence-corrected chi connectivity index (χ0v) is 15.9. The lowest BCUT2D eigenvalue weighted by atomic mass is 10.2. The van der Waals surface area contributed by atoms with Gasteiger partial charge in [0, 0.05) is 32.0 Å². The lowest BCUT2D eigenvalue weighted by molar-refractivity contribution is -0.153. The molecular formula is C17H22F3N7O2. The second-order valence-electron chi connectivity index (χ2n) is 6.29. The quantitative estimate of drug-likeness (QED) is 0.678. The molecule has 12 heteroatoms. The molecule has 0 unspecified atom stereocenters. The van der Waals surface area contributed by atoms with Crippen LogP contribution in [0.25, 0.3) is 16.9 Å². The molecule has 1 aliphatic rings. The Balaban J connectivity index is 0.000000290. The van der Waals surface area contributed by atoms with Crippen molar-refractivity contribution >= 4 is 11.6 Å². The molecule has 3 aromatic rings. The Morgan fingerprint density at radius 1 is 1.24 bits per heavy atom. The Bertz CT molecular complexity index is 877. The predicted octanol–water partition coefficient (Wildman–Crippen LogP) is 3.07. The largest absolute Gasteiger partial charge is 0.478 e. The fourth-order valence-corrected chi connectivity index (χ4v) is 2.68. The molecule has 4 heterocycles. The Hall–Kier alpha value is -2.89. The van der Waals surface area contributed by atoms with Gasteiger partial charge in [0.1, 0.15) is 12.0 Å². The number of hydrogen-bond acceptors (Lipinski definition) is 7. The molecule has 1 aliphatic heterocycles. The van der Waals surface area contributed by atoms with Crippen LogP contribution in [0.2, 0.25) is 0 Å². The van der Waals surface area contributed by atoms with Crippen molar-refractivity contribution in [1.82, 2.24) is 29.8 Å². The minimum Gasteiger partial charge on any atom is -0.478 e. The van der Waals surface area contributed by atoms with Gasteiger partial charge >= 0.3 is 6.18 Å². The predicted molar refractivity (Wildman–Crippen MR) is 98.7 cm³/mol. The van der Waals surface area contributed by atoms with E-state index in [1.807, 2.05) is 0 Å². The van der Waals surface area contributed by atoms with Gasteiger partial charge in [0.2, 0.25) is 11.6 Å². The molecule has 0 bridgehead atoms. The van der Waals surface area contributed by atoms with E-state index in [0.29, 0.717) is 5.56 Å². The summed E-state index contributed by atoms with van der Waals surface area (Å²) in [5.74, 6) is 0.123. The fraction of sp³-hybridized carbons (Fsp3) is 0.529. The molecule has 0 amide bonds. The third kappa shape index (κ3) is 5.79. The molecule has 1 saturated heterocycles. The van der Waals surface area contributed by atoms with E-state index in [-0.39, 0.29) is 23.0 Å². The molecule has 0 spiro atoms. The first-order valence-corrected chi connectivity index (χ1v) is 9.17. The number of nitrogens with zero attached hydrogens (tertiary/aromatic N) is 5.